The van der Waals surface area contributed by atoms with Crippen molar-refractivity contribution in [2.24, 2.45) is 11.8 Å². The van der Waals surface area contributed by atoms with Crippen LogP contribution in [0.3, 0.4) is 0 Å². The molecule has 1 saturated carbocycles. The lowest BCUT2D eigenvalue weighted by molar-refractivity contribution is -0.122. The van der Waals surface area contributed by atoms with Crippen LogP contribution in [-0.2, 0) is 9.59 Å². The lowest BCUT2D eigenvalue weighted by Gasteiger charge is -2.36. The van der Waals surface area contributed by atoms with E-state index in [0.717, 1.165) is 38.8 Å². The number of benzene rings is 2. The number of carbonyl (C=O) groups is 3. The van der Waals surface area contributed by atoms with Crippen molar-refractivity contribution in [2.45, 2.75) is 32.6 Å². The third-order valence-electron chi connectivity index (χ3n) is 7.24. The fourth-order valence-corrected chi connectivity index (χ4v) is 5.42. The Balaban J connectivity index is 1.25. The number of amides is 3. The number of carbonyl (C=O) groups excluding carboxylic acids is 3. The van der Waals surface area contributed by atoms with Gasteiger partial charge in [-0.25, -0.2) is 0 Å². The summed E-state index contributed by atoms with van der Waals surface area (Å²) in [6, 6.07) is 15.3. The molecular weight excluding hydrogens is 402 g/mol. The van der Waals surface area contributed by atoms with E-state index < -0.39 is 0 Å². The van der Waals surface area contributed by atoms with Crippen LogP contribution in [0.2, 0.25) is 0 Å². The highest BCUT2D eigenvalue weighted by atomic mass is 16.2. The van der Waals surface area contributed by atoms with Crippen molar-refractivity contribution in [2.75, 3.05) is 36.0 Å². The predicted octanol–water partition coefficient (Wildman–Crippen LogP) is 3.64. The van der Waals surface area contributed by atoms with Gasteiger partial charge < -0.3 is 9.80 Å². The second-order valence-corrected chi connectivity index (χ2v) is 9.12. The van der Waals surface area contributed by atoms with Crippen LogP contribution in [0.5, 0.6) is 0 Å². The van der Waals surface area contributed by atoms with Crippen LogP contribution in [0, 0.1) is 18.8 Å². The number of imide groups is 1. The maximum Gasteiger partial charge on any atom is 0.253 e. The smallest absolute Gasteiger partial charge is 0.253 e. The van der Waals surface area contributed by atoms with Crippen molar-refractivity contribution in [3.05, 3.63) is 59.7 Å². The Morgan fingerprint density at radius 3 is 2.00 bits per heavy atom. The average Bonchev–Trinajstić information content (AvgIpc) is 3.09. The summed E-state index contributed by atoms with van der Waals surface area (Å²) in [5.41, 5.74) is 3.64. The van der Waals surface area contributed by atoms with Crippen LogP contribution >= 0.6 is 0 Å². The van der Waals surface area contributed by atoms with Gasteiger partial charge in [-0.15, -0.1) is 0 Å². The van der Waals surface area contributed by atoms with Crippen LogP contribution in [0.1, 0.15) is 41.6 Å². The molecule has 0 N–H and O–H groups in total. The molecular formula is C26H29N3O3. The summed E-state index contributed by atoms with van der Waals surface area (Å²) < 4.78 is 0. The lowest BCUT2D eigenvalue weighted by Crippen LogP contribution is -2.49. The normalized spacial score (nSPS) is 23.5. The fraction of sp³-hybridized carbons (Fsp3) is 0.423. The maximum absolute atomic E-state index is 13.0. The fourth-order valence-electron chi connectivity index (χ4n) is 5.42. The summed E-state index contributed by atoms with van der Waals surface area (Å²) in [4.78, 5) is 44.2. The summed E-state index contributed by atoms with van der Waals surface area (Å²) in [5.74, 6) is -0.491. The number of rotatable bonds is 3. The Bertz CT molecular complexity index is 1020. The molecule has 32 heavy (non-hydrogen) atoms. The first-order valence-corrected chi connectivity index (χ1v) is 11.6. The summed E-state index contributed by atoms with van der Waals surface area (Å²) in [7, 11) is 0. The van der Waals surface area contributed by atoms with Gasteiger partial charge in [-0.2, -0.15) is 0 Å². The second-order valence-electron chi connectivity index (χ2n) is 9.12. The highest BCUT2D eigenvalue weighted by Gasteiger charge is 2.48. The molecule has 0 spiro atoms. The van der Waals surface area contributed by atoms with E-state index in [1.165, 1.54) is 16.2 Å². The van der Waals surface area contributed by atoms with E-state index >= 15 is 0 Å². The van der Waals surface area contributed by atoms with E-state index in [1.807, 2.05) is 17.0 Å². The Labute approximate surface area is 188 Å². The first-order valence-electron chi connectivity index (χ1n) is 11.6. The highest BCUT2D eigenvalue weighted by Crippen LogP contribution is 2.40. The second kappa shape index (κ2) is 8.41. The van der Waals surface area contributed by atoms with Gasteiger partial charge >= 0.3 is 0 Å². The van der Waals surface area contributed by atoms with Crippen molar-refractivity contribution in [3.63, 3.8) is 0 Å². The molecule has 0 radical (unpaired) electrons. The zero-order chi connectivity index (χ0) is 22.2. The van der Waals surface area contributed by atoms with E-state index in [1.54, 1.807) is 24.3 Å². The molecule has 2 aliphatic heterocycles. The van der Waals surface area contributed by atoms with Gasteiger partial charge in [-0.05, 0) is 55.7 Å². The molecule has 2 aromatic rings. The molecule has 6 heteroatoms. The van der Waals surface area contributed by atoms with Gasteiger partial charge in [0.15, 0.2) is 0 Å². The zero-order valence-corrected chi connectivity index (χ0v) is 18.5. The lowest BCUT2D eigenvalue weighted by atomic mass is 9.81. The SMILES string of the molecule is Cc1ccccc1N1CCN(C(=O)c2ccc(N3C(=O)C4CCCCC4C3=O)cc2)CC1. The topological polar surface area (TPSA) is 60.9 Å². The molecule has 2 atom stereocenters. The number of hydrogen-bond donors (Lipinski definition) is 0. The van der Waals surface area contributed by atoms with Gasteiger partial charge in [0.25, 0.3) is 5.91 Å². The number of para-hydroxylation sites is 1. The highest BCUT2D eigenvalue weighted by molar-refractivity contribution is 6.22. The molecule has 5 rings (SSSR count). The van der Waals surface area contributed by atoms with Gasteiger partial charge in [0, 0.05) is 37.4 Å². The average molecular weight is 432 g/mol. The van der Waals surface area contributed by atoms with Crippen molar-refractivity contribution < 1.29 is 14.4 Å². The Morgan fingerprint density at radius 2 is 1.41 bits per heavy atom. The molecule has 2 saturated heterocycles. The van der Waals surface area contributed by atoms with Crippen molar-refractivity contribution in [1.82, 2.24) is 4.90 Å². The Hall–Kier alpha value is -3.15. The quantitative estimate of drug-likeness (QED) is 0.697. The van der Waals surface area contributed by atoms with Crippen LogP contribution in [0.25, 0.3) is 0 Å². The van der Waals surface area contributed by atoms with Gasteiger partial charge in [0.1, 0.15) is 0 Å². The van der Waals surface area contributed by atoms with E-state index in [4.69, 9.17) is 0 Å². The number of fused-ring (bicyclic) bond motifs is 1. The van der Waals surface area contributed by atoms with Gasteiger partial charge in [0.2, 0.25) is 11.8 Å². The predicted molar refractivity (Wildman–Crippen MR) is 124 cm³/mol. The Kier molecular flexibility index (Phi) is 5.45. The molecule has 3 amide bonds. The van der Waals surface area contributed by atoms with Gasteiger partial charge in [-0.1, -0.05) is 31.0 Å². The van der Waals surface area contributed by atoms with Crippen molar-refractivity contribution in [3.8, 4) is 0 Å². The molecule has 0 bridgehead atoms. The van der Waals surface area contributed by atoms with E-state index in [-0.39, 0.29) is 29.6 Å². The van der Waals surface area contributed by atoms with Crippen LogP contribution < -0.4 is 9.80 Å². The molecule has 3 aliphatic rings. The first-order chi connectivity index (χ1) is 15.5. The number of anilines is 2. The molecule has 3 fully saturated rings. The monoisotopic (exact) mass is 431 g/mol. The van der Waals surface area contributed by atoms with Gasteiger partial charge in [0.05, 0.1) is 17.5 Å². The molecule has 166 valence electrons. The Morgan fingerprint density at radius 1 is 0.812 bits per heavy atom. The minimum absolute atomic E-state index is 0.00581. The summed E-state index contributed by atoms with van der Waals surface area (Å²) in [6.07, 6.45) is 3.63. The number of nitrogens with zero attached hydrogens (tertiary/aromatic N) is 3. The number of hydrogen-bond acceptors (Lipinski definition) is 4. The number of aryl methyl sites for hydroxylation is 1. The molecule has 0 aromatic heterocycles. The summed E-state index contributed by atoms with van der Waals surface area (Å²) >= 11 is 0. The summed E-state index contributed by atoms with van der Waals surface area (Å²) in [6.45, 7) is 5.05. The van der Waals surface area contributed by atoms with E-state index in [9.17, 15) is 14.4 Å². The van der Waals surface area contributed by atoms with E-state index in [0.29, 0.717) is 24.3 Å². The summed E-state index contributed by atoms with van der Waals surface area (Å²) in [5, 5.41) is 0. The molecule has 2 heterocycles. The molecule has 6 nitrogen and oxygen atoms in total. The van der Waals surface area contributed by atoms with Crippen molar-refractivity contribution >= 4 is 29.1 Å². The largest absolute Gasteiger partial charge is 0.368 e. The minimum atomic E-state index is -0.165. The minimum Gasteiger partial charge on any atom is -0.368 e. The van der Waals surface area contributed by atoms with Crippen LogP contribution in [0.15, 0.2) is 48.5 Å². The van der Waals surface area contributed by atoms with Crippen LogP contribution in [0.4, 0.5) is 11.4 Å². The third-order valence-corrected chi connectivity index (χ3v) is 7.24. The standard InChI is InChI=1S/C26H29N3O3/c1-18-6-2-5-9-23(18)27-14-16-28(17-15-27)24(30)19-10-12-20(13-11-19)29-25(31)21-7-3-4-8-22(21)26(29)32/h2,5-6,9-13,21-22H,3-4,7-8,14-17H2,1H3. The molecule has 2 aromatic carbocycles. The van der Waals surface area contributed by atoms with Gasteiger partial charge in [-0.3, -0.25) is 19.3 Å². The maximum atomic E-state index is 13.0. The number of piperazine rings is 1. The van der Waals surface area contributed by atoms with Crippen molar-refractivity contribution in [1.29, 1.82) is 0 Å². The zero-order valence-electron chi connectivity index (χ0n) is 18.5. The first kappa shape index (κ1) is 20.7. The molecule has 1 aliphatic carbocycles. The van der Waals surface area contributed by atoms with E-state index in [2.05, 4.69) is 24.0 Å². The van der Waals surface area contributed by atoms with Crippen LogP contribution in [-0.4, -0.2) is 48.8 Å². The third kappa shape index (κ3) is 3.57. The molecule has 2 unspecified atom stereocenters.